The number of aryl methyl sites for hydroxylation is 1. The predicted octanol–water partition coefficient (Wildman–Crippen LogP) is 2.57. The molecule has 0 atom stereocenters. The summed E-state index contributed by atoms with van der Waals surface area (Å²) in [5, 5.41) is 13.4. The van der Waals surface area contributed by atoms with Gasteiger partial charge in [0.15, 0.2) is 5.69 Å². The summed E-state index contributed by atoms with van der Waals surface area (Å²) in [7, 11) is 0. The average molecular weight is 165 g/mol. The minimum Gasteiger partial charge on any atom is -0.258 e. The van der Waals surface area contributed by atoms with Gasteiger partial charge in [-0.25, -0.2) is 5.53 Å². The highest BCUT2D eigenvalue weighted by Gasteiger charge is 2.12. The van der Waals surface area contributed by atoms with E-state index in [4.69, 9.17) is 5.53 Å². The van der Waals surface area contributed by atoms with Crippen LogP contribution in [0.5, 0.6) is 0 Å². The van der Waals surface area contributed by atoms with Gasteiger partial charge in [0.05, 0.1) is 4.92 Å². The van der Waals surface area contributed by atoms with E-state index in [1.54, 1.807) is 13.0 Å². The molecule has 5 nitrogen and oxygen atoms in total. The molecule has 5 heteroatoms. The normalized spacial score (nSPS) is 9.42. The van der Waals surface area contributed by atoms with Crippen LogP contribution in [0.1, 0.15) is 5.56 Å². The fourth-order valence-electron chi connectivity index (χ4n) is 0.874. The zero-order valence-electron chi connectivity index (χ0n) is 6.44. The van der Waals surface area contributed by atoms with E-state index < -0.39 is 4.92 Å². The summed E-state index contributed by atoms with van der Waals surface area (Å²) in [6.07, 6.45) is 0. The molecule has 0 unspecified atom stereocenters. The van der Waals surface area contributed by atoms with Gasteiger partial charge in [-0.2, -0.15) is 5.11 Å². The van der Waals surface area contributed by atoms with Crippen LogP contribution in [0.2, 0.25) is 0 Å². The van der Waals surface area contributed by atoms with E-state index in [0.29, 0.717) is 0 Å². The zero-order valence-corrected chi connectivity index (χ0v) is 6.44. The molecule has 1 N–H and O–H groups in total. The van der Waals surface area contributed by atoms with Crippen LogP contribution in [0.25, 0.3) is 0 Å². The van der Waals surface area contributed by atoms with Gasteiger partial charge in [-0.3, -0.25) is 10.1 Å². The third-order valence-corrected chi connectivity index (χ3v) is 1.45. The van der Waals surface area contributed by atoms with Gasteiger partial charge >= 0.3 is 0 Å². The Morgan fingerprint density at radius 3 is 2.75 bits per heavy atom. The van der Waals surface area contributed by atoms with Crippen molar-refractivity contribution in [3.05, 3.63) is 33.9 Å². The van der Waals surface area contributed by atoms with Crippen LogP contribution in [0.4, 0.5) is 11.4 Å². The first-order valence-corrected chi connectivity index (χ1v) is 3.27. The number of hydrogen-bond donors (Lipinski definition) is 1. The van der Waals surface area contributed by atoms with Crippen molar-refractivity contribution in [1.29, 1.82) is 5.53 Å². The molecule has 0 heterocycles. The molecule has 0 saturated carbocycles. The molecule has 0 fully saturated rings. The Morgan fingerprint density at radius 1 is 1.58 bits per heavy atom. The summed E-state index contributed by atoms with van der Waals surface area (Å²) in [5.74, 6) is 0. The van der Waals surface area contributed by atoms with Gasteiger partial charge in [0, 0.05) is 6.07 Å². The molecule has 0 spiro atoms. The van der Waals surface area contributed by atoms with Gasteiger partial charge < -0.3 is 0 Å². The van der Waals surface area contributed by atoms with E-state index in [1.807, 2.05) is 0 Å². The fraction of sp³-hybridized carbons (Fsp3) is 0.143. The van der Waals surface area contributed by atoms with Crippen molar-refractivity contribution >= 4 is 11.4 Å². The molecule has 0 aliphatic rings. The summed E-state index contributed by atoms with van der Waals surface area (Å²) in [5.41, 5.74) is 7.42. The Bertz CT molecular complexity index is 335. The molecule has 0 bridgehead atoms. The number of nitrogens with one attached hydrogen (secondary N) is 1. The van der Waals surface area contributed by atoms with E-state index in [9.17, 15) is 10.1 Å². The van der Waals surface area contributed by atoms with E-state index in [-0.39, 0.29) is 11.4 Å². The second-order valence-corrected chi connectivity index (χ2v) is 2.36. The van der Waals surface area contributed by atoms with Crippen molar-refractivity contribution in [2.24, 2.45) is 5.11 Å². The van der Waals surface area contributed by atoms with Gasteiger partial charge in [0.25, 0.3) is 5.69 Å². The number of nitro groups is 1. The zero-order chi connectivity index (χ0) is 9.14. The first-order valence-electron chi connectivity index (χ1n) is 3.27. The molecule has 1 aromatic carbocycles. The maximum atomic E-state index is 10.4. The van der Waals surface area contributed by atoms with Crippen LogP contribution >= 0.6 is 0 Å². The summed E-state index contributed by atoms with van der Waals surface area (Å²) in [6, 6.07) is 4.54. The van der Waals surface area contributed by atoms with Gasteiger partial charge in [0.2, 0.25) is 0 Å². The Hall–Kier alpha value is -1.78. The Labute approximate surface area is 68.7 Å². The summed E-state index contributed by atoms with van der Waals surface area (Å²) in [4.78, 5) is 9.85. The molecule has 0 aliphatic carbocycles. The van der Waals surface area contributed by atoms with Crippen molar-refractivity contribution in [2.45, 2.75) is 6.92 Å². The molecule has 0 saturated heterocycles. The predicted molar refractivity (Wildman–Crippen MR) is 42.6 cm³/mol. The Morgan fingerprint density at radius 2 is 2.25 bits per heavy atom. The maximum Gasteiger partial charge on any atom is 0.296 e. The number of nitrogens with zero attached hydrogens (tertiary/aromatic N) is 2. The second kappa shape index (κ2) is 3.08. The lowest BCUT2D eigenvalue weighted by Crippen LogP contribution is -1.88. The van der Waals surface area contributed by atoms with E-state index in [2.05, 4.69) is 5.11 Å². The third-order valence-electron chi connectivity index (χ3n) is 1.45. The number of hydrogen-bond acceptors (Lipinski definition) is 4. The first-order chi connectivity index (χ1) is 5.65. The van der Waals surface area contributed by atoms with E-state index >= 15 is 0 Å². The largest absolute Gasteiger partial charge is 0.296 e. The molecule has 0 radical (unpaired) electrons. The number of benzene rings is 1. The highest BCUT2D eigenvalue weighted by atomic mass is 16.6. The topological polar surface area (TPSA) is 79.3 Å². The maximum absolute atomic E-state index is 10.4. The summed E-state index contributed by atoms with van der Waals surface area (Å²) in [6.45, 7) is 1.75. The molecule has 0 aliphatic heterocycles. The van der Waals surface area contributed by atoms with Crippen molar-refractivity contribution < 1.29 is 4.92 Å². The molecular formula is C7H7N3O2. The molecular weight excluding hydrogens is 158 g/mol. The summed E-state index contributed by atoms with van der Waals surface area (Å²) >= 11 is 0. The van der Waals surface area contributed by atoms with Crippen LogP contribution in [0, 0.1) is 22.6 Å². The molecule has 12 heavy (non-hydrogen) atoms. The van der Waals surface area contributed by atoms with Crippen LogP contribution in [0.15, 0.2) is 23.3 Å². The first kappa shape index (κ1) is 8.32. The standard InChI is InChI=1S/C7H7N3O2/c1-5-2-3-6(9-8)7(4-5)10(11)12/h2-4,8H,1H3. The Balaban J connectivity index is 3.30. The van der Waals surface area contributed by atoms with Crippen LogP contribution in [0.3, 0.4) is 0 Å². The lowest BCUT2D eigenvalue weighted by atomic mass is 10.2. The van der Waals surface area contributed by atoms with E-state index in [0.717, 1.165) is 5.56 Å². The van der Waals surface area contributed by atoms with Crippen LogP contribution in [-0.2, 0) is 0 Å². The van der Waals surface area contributed by atoms with Gasteiger partial charge in [-0.1, -0.05) is 6.07 Å². The molecule has 1 aromatic rings. The van der Waals surface area contributed by atoms with Gasteiger partial charge in [-0.05, 0) is 18.6 Å². The molecule has 62 valence electrons. The molecule has 1 rings (SSSR count). The second-order valence-electron chi connectivity index (χ2n) is 2.36. The highest BCUT2D eigenvalue weighted by molar-refractivity contribution is 5.57. The lowest BCUT2D eigenvalue weighted by molar-refractivity contribution is -0.384. The summed E-state index contributed by atoms with van der Waals surface area (Å²) < 4.78 is 0. The number of rotatable bonds is 2. The highest BCUT2D eigenvalue weighted by Crippen LogP contribution is 2.27. The van der Waals surface area contributed by atoms with Crippen molar-refractivity contribution in [1.82, 2.24) is 0 Å². The SMILES string of the molecule is Cc1ccc(N=N)c([N+](=O)[O-])c1. The quantitative estimate of drug-likeness (QED) is 0.415. The number of nitro benzene ring substituents is 1. The molecule has 0 amide bonds. The van der Waals surface area contributed by atoms with Crippen LogP contribution < -0.4 is 0 Å². The minimum atomic E-state index is -0.541. The van der Waals surface area contributed by atoms with Gasteiger partial charge in [0.1, 0.15) is 0 Å². The van der Waals surface area contributed by atoms with E-state index in [1.165, 1.54) is 12.1 Å². The van der Waals surface area contributed by atoms with Crippen molar-refractivity contribution in [3.8, 4) is 0 Å². The monoisotopic (exact) mass is 165 g/mol. The van der Waals surface area contributed by atoms with Gasteiger partial charge in [-0.15, -0.1) is 0 Å². The lowest BCUT2D eigenvalue weighted by Gasteiger charge is -1.95. The average Bonchev–Trinajstić information content (AvgIpc) is 2.04. The third kappa shape index (κ3) is 1.45. The smallest absolute Gasteiger partial charge is 0.258 e. The van der Waals surface area contributed by atoms with Crippen LogP contribution in [-0.4, -0.2) is 4.92 Å². The minimum absolute atomic E-state index is 0.0885. The fourth-order valence-corrected chi connectivity index (χ4v) is 0.874. The van der Waals surface area contributed by atoms with Crippen molar-refractivity contribution in [3.63, 3.8) is 0 Å². The Kier molecular flexibility index (Phi) is 2.14. The molecule has 0 aromatic heterocycles. The van der Waals surface area contributed by atoms with Crippen molar-refractivity contribution in [2.75, 3.05) is 0 Å².